The molecule has 20 heavy (non-hydrogen) atoms. The van der Waals surface area contributed by atoms with Crippen molar-refractivity contribution in [3.8, 4) is 0 Å². The maximum Gasteiger partial charge on any atom is 0.240 e. The van der Waals surface area contributed by atoms with Crippen LogP contribution in [0.15, 0.2) is 10.7 Å². The number of rotatable bonds is 4. The molecule has 1 aliphatic heterocycles. The third-order valence-electron chi connectivity index (χ3n) is 3.34. The topological polar surface area (TPSA) is 84.3 Å². The molecule has 0 saturated carbocycles. The van der Waals surface area contributed by atoms with Crippen LogP contribution >= 0.6 is 11.3 Å². The van der Waals surface area contributed by atoms with E-state index in [1.54, 1.807) is 11.3 Å². The molecule has 1 saturated heterocycles. The van der Waals surface area contributed by atoms with Crippen LogP contribution in [-0.2, 0) is 13.1 Å². The predicted molar refractivity (Wildman–Crippen MR) is 76.1 cm³/mol. The highest BCUT2D eigenvalue weighted by Crippen LogP contribution is 2.17. The summed E-state index contributed by atoms with van der Waals surface area (Å²) >= 11 is 1.57. The van der Waals surface area contributed by atoms with Gasteiger partial charge in [-0.05, 0) is 6.92 Å². The van der Waals surface area contributed by atoms with E-state index in [0.29, 0.717) is 16.8 Å². The van der Waals surface area contributed by atoms with Gasteiger partial charge in [0.05, 0.1) is 6.54 Å². The van der Waals surface area contributed by atoms with Crippen molar-refractivity contribution in [3.05, 3.63) is 22.8 Å². The largest absolute Gasteiger partial charge is 0.375 e. The van der Waals surface area contributed by atoms with Crippen molar-refractivity contribution >= 4 is 16.5 Å². The van der Waals surface area contributed by atoms with E-state index in [1.807, 2.05) is 13.1 Å². The smallest absolute Gasteiger partial charge is 0.240 e. The standard InChI is InChI=1S/C12H18N6OS/c1-9-15-11(19-16-9)8-18-4-2-17(3-5-18)7-10-6-14-12(13)20-10/h6H,2-5,7-8H2,1H3,(H2,13,14). The minimum absolute atomic E-state index is 0.644. The Labute approximate surface area is 121 Å². The van der Waals surface area contributed by atoms with E-state index >= 15 is 0 Å². The lowest BCUT2D eigenvalue weighted by Gasteiger charge is -2.33. The number of aromatic nitrogens is 3. The Morgan fingerprint density at radius 2 is 1.95 bits per heavy atom. The summed E-state index contributed by atoms with van der Waals surface area (Å²) in [7, 11) is 0. The predicted octanol–water partition coefficient (Wildman–Crippen LogP) is 0.735. The van der Waals surface area contributed by atoms with Crippen molar-refractivity contribution in [1.82, 2.24) is 24.9 Å². The van der Waals surface area contributed by atoms with Gasteiger partial charge in [-0.3, -0.25) is 9.80 Å². The Morgan fingerprint density at radius 3 is 2.50 bits per heavy atom. The summed E-state index contributed by atoms with van der Waals surface area (Å²) in [6.07, 6.45) is 1.87. The molecule has 3 heterocycles. The maximum atomic E-state index is 5.65. The number of piperazine rings is 1. The van der Waals surface area contributed by atoms with Crippen molar-refractivity contribution in [1.29, 1.82) is 0 Å². The van der Waals surface area contributed by atoms with Crippen LogP contribution in [0.5, 0.6) is 0 Å². The van der Waals surface area contributed by atoms with Gasteiger partial charge in [0.1, 0.15) is 0 Å². The summed E-state index contributed by atoms with van der Waals surface area (Å²) < 4.78 is 5.16. The number of hydrogen-bond donors (Lipinski definition) is 1. The zero-order valence-electron chi connectivity index (χ0n) is 11.4. The maximum absolute atomic E-state index is 5.65. The summed E-state index contributed by atoms with van der Waals surface area (Å²) in [6, 6.07) is 0. The fourth-order valence-electron chi connectivity index (χ4n) is 2.32. The number of hydrogen-bond acceptors (Lipinski definition) is 8. The molecule has 0 aromatic carbocycles. The zero-order valence-corrected chi connectivity index (χ0v) is 12.3. The molecule has 1 fully saturated rings. The third kappa shape index (κ3) is 3.33. The molecule has 0 aliphatic carbocycles. The molecule has 0 radical (unpaired) electrons. The van der Waals surface area contributed by atoms with Gasteiger partial charge in [-0.2, -0.15) is 4.98 Å². The van der Waals surface area contributed by atoms with Crippen LogP contribution in [0.25, 0.3) is 0 Å². The molecule has 1 aliphatic rings. The van der Waals surface area contributed by atoms with E-state index in [1.165, 1.54) is 4.88 Å². The fourth-order valence-corrected chi connectivity index (χ4v) is 3.04. The SMILES string of the molecule is Cc1noc(CN2CCN(Cc3cnc(N)s3)CC2)n1. The lowest BCUT2D eigenvalue weighted by atomic mass is 10.3. The highest BCUT2D eigenvalue weighted by molar-refractivity contribution is 7.15. The molecular formula is C12H18N6OS. The molecule has 2 N–H and O–H groups in total. The summed E-state index contributed by atoms with van der Waals surface area (Å²) in [5.74, 6) is 1.40. The van der Waals surface area contributed by atoms with Gasteiger partial charge < -0.3 is 10.3 Å². The summed E-state index contributed by atoms with van der Waals surface area (Å²) in [5, 5.41) is 4.46. The zero-order chi connectivity index (χ0) is 13.9. The van der Waals surface area contributed by atoms with Gasteiger partial charge in [-0.1, -0.05) is 5.16 Å². The molecule has 7 nitrogen and oxygen atoms in total. The Balaban J connectivity index is 1.47. The number of nitrogens with zero attached hydrogens (tertiary/aromatic N) is 5. The first-order valence-corrected chi connectivity index (χ1v) is 7.45. The fraction of sp³-hybridized carbons (Fsp3) is 0.583. The Morgan fingerprint density at radius 1 is 1.25 bits per heavy atom. The second-order valence-electron chi connectivity index (χ2n) is 4.95. The molecule has 2 aromatic rings. The number of thiazole rings is 1. The van der Waals surface area contributed by atoms with Gasteiger partial charge >= 0.3 is 0 Å². The Bertz CT molecular complexity index is 510. The van der Waals surface area contributed by atoms with E-state index < -0.39 is 0 Å². The van der Waals surface area contributed by atoms with Gasteiger partial charge in [-0.15, -0.1) is 11.3 Å². The molecule has 0 atom stereocenters. The van der Waals surface area contributed by atoms with Crippen molar-refractivity contribution in [2.75, 3.05) is 31.9 Å². The molecule has 0 unspecified atom stereocenters. The number of aryl methyl sites for hydroxylation is 1. The molecule has 8 heteroatoms. The van der Waals surface area contributed by atoms with Crippen LogP contribution in [0.3, 0.4) is 0 Å². The number of anilines is 1. The van der Waals surface area contributed by atoms with Crippen LogP contribution in [-0.4, -0.2) is 51.1 Å². The van der Waals surface area contributed by atoms with Crippen LogP contribution in [0.4, 0.5) is 5.13 Å². The number of nitrogen functional groups attached to an aromatic ring is 1. The molecule has 108 valence electrons. The first-order valence-electron chi connectivity index (χ1n) is 6.63. The average Bonchev–Trinajstić information content (AvgIpc) is 3.01. The van der Waals surface area contributed by atoms with Crippen LogP contribution in [0.1, 0.15) is 16.6 Å². The normalized spacial score (nSPS) is 17.6. The van der Waals surface area contributed by atoms with Crippen LogP contribution < -0.4 is 5.73 Å². The molecule has 2 aromatic heterocycles. The monoisotopic (exact) mass is 294 g/mol. The molecular weight excluding hydrogens is 276 g/mol. The van der Waals surface area contributed by atoms with Crippen molar-refractivity contribution in [3.63, 3.8) is 0 Å². The van der Waals surface area contributed by atoms with Crippen molar-refractivity contribution in [2.45, 2.75) is 20.0 Å². The van der Waals surface area contributed by atoms with E-state index in [9.17, 15) is 0 Å². The Kier molecular flexibility index (Phi) is 3.95. The second kappa shape index (κ2) is 5.86. The van der Waals surface area contributed by atoms with Crippen molar-refractivity contribution in [2.24, 2.45) is 0 Å². The van der Waals surface area contributed by atoms with E-state index in [0.717, 1.165) is 39.3 Å². The molecule has 0 spiro atoms. The molecule has 0 amide bonds. The first-order chi connectivity index (χ1) is 9.69. The van der Waals surface area contributed by atoms with Gasteiger partial charge in [0, 0.05) is 43.8 Å². The summed E-state index contributed by atoms with van der Waals surface area (Å²) in [5.41, 5.74) is 5.65. The third-order valence-corrected chi connectivity index (χ3v) is 4.16. The summed E-state index contributed by atoms with van der Waals surface area (Å²) in [6.45, 7) is 7.59. The van der Waals surface area contributed by atoms with E-state index in [4.69, 9.17) is 10.3 Å². The first kappa shape index (κ1) is 13.5. The van der Waals surface area contributed by atoms with Gasteiger partial charge in [-0.25, -0.2) is 4.98 Å². The van der Waals surface area contributed by atoms with Crippen LogP contribution in [0.2, 0.25) is 0 Å². The highest BCUT2D eigenvalue weighted by Gasteiger charge is 2.19. The van der Waals surface area contributed by atoms with E-state index in [2.05, 4.69) is 24.9 Å². The van der Waals surface area contributed by atoms with E-state index in [-0.39, 0.29) is 0 Å². The Hall–Kier alpha value is -1.51. The minimum atomic E-state index is 0.644. The van der Waals surface area contributed by atoms with Gasteiger partial charge in [0.15, 0.2) is 11.0 Å². The quantitative estimate of drug-likeness (QED) is 0.890. The second-order valence-corrected chi connectivity index (χ2v) is 6.10. The molecule has 3 rings (SSSR count). The van der Waals surface area contributed by atoms with Crippen LogP contribution in [0, 0.1) is 6.92 Å². The van der Waals surface area contributed by atoms with Gasteiger partial charge in [0.25, 0.3) is 0 Å². The summed E-state index contributed by atoms with van der Waals surface area (Å²) in [4.78, 5) is 14.3. The average molecular weight is 294 g/mol. The highest BCUT2D eigenvalue weighted by atomic mass is 32.1. The number of nitrogens with two attached hydrogens (primary N) is 1. The minimum Gasteiger partial charge on any atom is -0.375 e. The molecule has 0 bridgehead atoms. The lowest BCUT2D eigenvalue weighted by molar-refractivity contribution is 0.113. The van der Waals surface area contributed by atoms with Gasteiger partial charge in [0.2, 0.25) is 5.89 Å². The van der Waals surface area contributed by atoms with Crippen molar-refractivity contribution < 1.29 is 4.52 Å². The lowest BCUT2D eigenvalue weighted by Crippen LogP contribution is -2.45.